The molecule has 0 aliphatic heterocycles. The summed E-state index contributed by atoms with van der Waals surface area (Å²) in [5, 5.41) is 6.73. The van der Waals surface area contributed by atoms with Crippen LogP contribution >= 0.6 is 0 Å². The first kappa shape index (κ1) is 18.3. The number of benzene rings is 1. The Balaban J connectivity index is 1.57. The van der Waals surface area contributed by atoms with Crippen LogP contribution < -0.4 is 10.1 Å². The fraction of sp³-hybridized carbons (Fsp3) is 0.278. The van der Waals surface area contributed by atoms with Crippen LogP contribution in [-0.2, 0) is 20.7 Å². The van der Waals surface area contributed by atoms with Gasteiger partial charge in [0.2, 0.25) is 0 Å². The molecule has 0 unspecified atom stereocenters. The zero-order valence-corrected chi connectivity index (χ0v) is 15.2. The Morgan fingerprint density at radius 2 is 1.93 bits per heavy atom. The summed E-state index contributed by atoms with van der Waals surface area (Å²) in [4.78, 5) is 32.4. The van der Waals surface area contributed by atoms with E-state index in [4.69, 9.17) is 9.47 Å². The van der Waals surface area contributed by atoms with Crippen molar-refractivity contribution in [2.45, 2.75) is 20.3 Å². The number of aromatic nitrogens is 4. The molecule has 9 nitrogen and oxygen atoms in total. The molecule has 0 saturated carbocycles. The Hall–Kier alpha value is -3.49. The van der Waals surface area contributed by atoms with Crippen molar-refractivity contribution in [3.8, 4) is 5.75 Å². The molecule has 140 valence electrons. The minimum absolute atomic E-state index is 0.00369. The SMILES string of the molecule is COc1ccc(NC(=O)COC(=O)Cc2c(C)nc3ncnn3c2C)cc1. The lowest BCUT2D eigenvalue weighted by molar-refractivity contribution is -0.146. The minimum atomic E-state index is -0.521. The van der Waals surface area contributed by atoms with Crippen LogP contribution in [-0.4, -0.2) is 45.2 Å². The highest BCUT2D eigenvalue weighted by Crippen LogP contribution is 2.15. The third kappa shape index (κ3) is 4.20. The lowest BCUT2D eigenvalue weighted by atomic mass is 10.1. The molecule has 0 saturated heterocycles. The van der Waals surface area contributed by atoms with Crippen LogP contribution in [0.4, 0.5) is 5.69 Å². The number of rotatable bonds is 6. The molecule has 1 aromatic carbocycles. The second kappa shape index (κ2) is 7.81. The molecular weight excluding hydrogens is 350 g/mol. The molecule has 2 heterocycles. The van der Waals surface area contributed by atoms with Gasteiger partial charge in [0.1, 0.15) is 12.1 Å². The molecule has 0 aliphatic rings. The van der Waals surface area contributed by atoms with E-state index in [1.165, 1.54) is 6.33 Å². The van der Waals surface area contributed by atoms with E-state index >= 15 is 0 Å². The van der Waals surface area contributed by atoms with Gasteiger partial charge in [0, 0.05) is 22.6 Å². The normalized spacial score (nSPS) is 10.6. The number of hydrogen-bond donors (Lipinski definition) is 1. The second-order valence-corrected chi connectivity index (χ2v) is 5.85. The average molecular weight is 369 g/mol. The fourth-order valence-corrected chi connectivity index (χ4v) is 2.62. The lowest BCUT2D eigenvalue weighted by Crippen LogP contribution is -2.22. The largest absolute Gasteiger partial charge is 0.497 e. The van der Waals surface area contributed by atoms with E-state index in [1.807, 2.05) is 6.92 Å². The van der Waals surface area contributed by atoms with Crippen molar-refractivity contribution >= 4 is 23.3 Å². The maximum absolute atomic E-state index is 12.1. The van der Waals surface area contributed by atoms with Crippen LogP contribution in [0.15, 0.2) is 30.6 Å². The highest BCUT2D eigenvalue weighted by Gasteiger charge is 2.16. The van der Waals surface area contributed by atoms with Gasteiger partial charge in [0.25, 0.3) is 11.7 Å². The standard InChI is InChI=1S/C18H19N5O4/c1-11-15(12(2)23-18(21-11)19-10-20-23)8-17(25)27-9-16(24)22-13-4-6-14(26-3)7-5-13/h4-7,10H,8-9H2,1-3H3,(H,22,24). The van der Waals surface area contributed by atoms with Gasteiger partial charge in [0.05, 0.1) is 13.5 Å². The van der Waals surface area contributed by atoms with Crippen molar-refractivity contribution < 1.29 is 19.1 Å². The van der Waals surface area contributed by atoms with Crippen LogP contribution in [0.5, 0.6) is 5.75 Å². The van der Waals surface area contributed by atoms with E-state index in [2.05, 4.69) is 20.4 Å². The molecule has 1 N–H and O–H groups in total. The third-order valence-corrected chi connectivity index (χ3v) is 4.05. The predicted molar refractivity (Wildman–Crippen MR) is 96.5 cm³/mol. The zero-order chi connectivity index (χ0) is 19.4. The van der Waals surface area contributed by atoms with Gasteiger partial charge in [-0.1, -0.05) is 0 Å². The van der Waals surface area contributed by atoms with Crippen molar-refractivity contribution in [1.29, 1.82) is 0 Å². The quantitative estimate of drug-likeness (QED) is 0.656. The molecule has 1 amide bonds. The molecule has 0 spiro atoms. The summed E-state index contributed by atoms with van der Waals surface area (Å²) in [6.07, 6.45) is 1.40. The smallest absolute Gasteiger partial charge is 0.310 e. The number of amides is 1. The van der Waals surface area contributed by atoms with E-state index in [9.17, 15) is 9.59 Å². The maximum Gasteiger partial charge on any atom is 0.310 e. The Morgan fingerprint density at radius 3 is 2.63 bits per heavy atom. The molecule has 27 heavy (non-hydrogen) atoms. The van der Waals surface area contributed by atoms with Crippen molar-refractivity contribution in [2.75, 3.05) is 19.0 Å². The topological polar surface area (TPSA) is 108 Å². The number of aryl methyl sites for hydroxylation is 2. The predicted octanol–water partition coefficient (Wildman–Crippen LogP) is 1.47. The number of ether oxygens (including phenoxy) is 2. The number of hydrogen-bond acceptors (Lipinski definition) is 7. The molecule has 9 heteroatoms. The van der Waals surface area contributed by atoms with E-state index in [0.29, 0.717) is 28.5 Å². The van der Waals surface area contributed by atoms with Gasteiger partial charge in [-0.3, -0.25) is 9.59 Å². The lowest BCUT2D eigenvalue weighted by Gasteiger charge is -2.10. The first-order valence-electron chi connectivity index (χ1n) is 8.23. The molecular formula is C18H19N5O4. The Morgan fingerprint density at radius 1 is 1.19 bits per heavy atom. The van der Waals surface area contributed by atoms with Gasteiger partial charge >= 0.3 is 5.97 Å². The third-order valence-electron chi connectivity index (χ3n) is 4.05. The molecule has 0 bridgehead atoms. The molecule has 0 radical (unpaired) electrons. The summed E-state index contributed by atoms with van der Waals surface area (Å²) < 4.78 is 11.7. The maximum atomic E-state index is 12.1. The summed E-state index contributed by atoms with van der Waals surface area (Å²) in [6.45, 7) is 3.25. The van der Waals surface area contributed by atoms with Crippen molar-refractivity contribution in [2.24, 2.45) is 0 Å². The molecule has 0 atom stereocenters. The fourth-order valence-electron chi connectivity index (χ4n) is 2.62. The van der Waals surface area contributed by atoms with Crippen molar-refractivity contribution in [1.82, 2.24) is 19.6 Å². The van der Waals surface area contributed by atoms with Crippen LogP contribution in [0.25, 0.3) is 5.78 Å². The summed E-state index contributed by atoms with van der Waals surface area (Å²) in [6, 6.07) is 6.84. The van der Waals surface area contributed by atoms with Crippen LogP contribution in [0.3, 0.4) is 0 Å². The zero-order valence-electron chi connectivity index (χ0n) is 15.2. The van der Waals surface area contributed by atoms with Crippen LogP contribution in [0.1, 0.15) is 17.0 Å². The van der Waals surface area contributed by atoms with Crippen molar-refractivity contribution in [3.05, 3.63) is 47.5 Å². The van der Waals surface area contributed by atoms with Gasteiger partial charge < -0.3 is 14.8 Å². The van der Waals surface area contributed by atoms with Crippen LogP contribution in [0, 0.1) is 13.8 Å². The van der Waals surface area contributed by atoms with Gasteiger partial charge in [-0.25, -0.2) is 9.50 Å². The highest BCUT2D eigenvalue weighted by molar-refractivity contribution is 5.92. The summed E-state index contributed by atoms with van der Waals surface area (Å²) >= 11 is 0. The van der Waals surface area contributed by atoms with E-state index in [-0.39, 0.29) is 13.0 Å². The first-order chi connectivity index (χ1) is 13.0. The number of nitrogens with zero attached hydrogens (tertiary/aromatic N) is 4. The van der Waals surface area contributed by atoms with E-state index < -0.39 is 11.9 Å². The number of fused-ring (bicyclic) bond motifs is 1. The summed E-state index contributed by atoms with van der Waals surface area (Å²) in [5.74, 6) is 0.211. The number of carbonyl (C=O) groups excluding carboxylic acids is 2. The number of methoxy groups -OCH3 is 1. The number of nitrogens with one attached hydrogen (secondary N) is 1. The monoisotopic (exact) mass is 369 g/mol. The Bertz CT molecular complexity index is 981. The van der Waals surface area contributed by atoms with E-state index in [0.717, 1.165) is 5.69 Å². The molecule has 0 fully saturated rings. The molecule has 3 aromatic rings. The van der Waals surface area contributed by atoms with Gasteiger partial charge in [-0.05, 0) is 38.1 Å². The molecule has 0 aliphatic carbocycles. The van der Waals surface area contributed by atoms with Gasteiger partial charge in [0.15, 0.2) is 6.61 Å². The molecule has 2 aromatic heterocycles. The minimum Gasteiger partial charge on any atom is -0.497 e. The van der Waals surface area contributed by atoms with Crippen molar-refractivity contribution in [3.63, 3.8) is 0 Å². The highest BCUT2D eigenvalue weighted by atomic mass is 16.5. The average Bonchev–Trinajstić information content (AvgIpc) is 3.12. The van der Waals surface area contributed by atoms with Crippen LogP contribution in [0.2, 0.25) is 0 Å². The Kier molecular flexibility index (Phi) is 5.30. The number of carbonyl (C=O) groups is 2. The molecule has 3 rings (SSSR count). The van der Waals surface area contributed by atoms with E-state index in [1.54, 1.807) is 42.8 Å². The Labute approximate surface area is 155 Å². The van der Waals surface area contributed by atoms with Gasteiger partial charge in [-0.15, -0.1) is 0 Å². The number of anilines is 1. The number of esters is 1. The second-order valence-electron chi connectivity index (χ2n) is 5.85. The first-order valence-corrected chi connectivity index (χ1v) is 8.23. The summed E-state index contributed by atoms with van der Waals surface area (Å²) in [7, 11) is 1.56. The summed E-state index contributed by atoms with van der Waals surface area (Å²) in [5.41, 5.74) is 2.72. The van der Waals surface area contributed by atoms with Gasteiger partial charge in [-0.2, -0.15) is 10.1 Å².